The molecule has 2 unspecified atom stereocenters. The van der Waals surface area contributed by atoms with Gasteiger partial charge in [0.15, 0.2) is 0 Å². The van der Waals surface area contributed by atoms with Gasteiger partial charge in [-0.25, -0.2) is 0 Å². The molecule has 11 heavy (non-hydrogen) atoms. The molecule has 0 heterocycles. The summed E-state index contributed by atoms with van der Waals surface area (Å²) < 4.78 is 15.7. The zero-order valence-electron chi connectivity index (χ0n) is 6.57. The smallest absolute Gasteiger partial charge is 0.316 e. The molecule has 0 amide bonds. The summed E-state index contributed by atoms with van der Waals surface area (Å²) in [4.78, 5) is 10.0. The van der Waals surface area contributed by atoms with Crippen molar-refractivity contribution in [2.75, 3.05) is 18.6 Å². The molecule has 2 atom stereocenters. The van der Waals surface area contributed by atoms with Crippen molar-refractivity contribution in [3.05, 3.63) is 0 Å². The summed E-state index contributed by atoms with van der Waals surface area (Å²) in [6.45, 7) is 1.75. The lowest BCUT2D eigenvalue weighted by atomic mass is 10.5. The van der Waals surface area contributed by atoms with Gasteiger partial charge < -0.3 is 9.84 Å². The molecule has 0 spiro atoms. The highest BCUT2D eigenvalue weighted by Crippen LogP contribution is 1.92. The largest absolute Gasteiger partial charge is 0.481 e. The van der Waals surface area contributed by atoms with Gasteiger partial charge in [-0.05, 0) is 6.92 Å². The fourth-order valence-corrected chi connectivity index (χ4v) is 1.58. The Hall–Kier alpha value is -0.420. The average Bonchev–Trinajstić information content (AvgIpc) is 1.85. The van der Waals surface area contributed by atoms with E-state index in [9.17, 15) is 9.00 Å². The lowest BCUT2D eigenvalue weighted by Gasteiger charge is -2.06. The van der Waals surface area contributed by atoms with E-state index >= 15 is 0 Å². The van der Waals surface area contributed by atoms with Crippen molar-refractivity contribution in [2.24, 2.45) is 0 Å². The van der Waals surface area contributed by atoms with Gasteiger partial charge in [-0.15, -0.1) is 0 Å². The first-order chi connectivity index (χ1) is 5.06. The number of rotatable bonds is 5. The Morgan fingerprint density at radius 2 is 2.27 bits per heavy atom. The number of hydrogen-bond acceptors (Lipinski definition) is 3. The summed E-state index contributed by atoms with van der Waals surface area (Å²) in [6.07, 6.45) is -0.143. The normalized spacial score (nSPS) is 15.8. The molecule has 1 N–H and O–H groups in total. The summed E-state index contributed by atoms with van der Waals surface area (Å²) in [5.74, 6) is -1.05. The van der Waals surface area contributed by atoms with Crippen molar-refractivity contribution in [1.82, 2.24) is 0 Å². The molecule has 0 aliphatic heterocycles. The van der Waals surface area contributed by atoms with E-state index in [0.717, 1.165) is 0 Å². The van der Waals surface area contributed by atoms with Crippen molar-refractivity contribution in [2.45, 2.75) is 13.0 Å². The maximum Gasteiger partial charge on any atom is 0.316 e. The molecule has 0 aromatic heterocycles. The predicted molar refractivity (Wildman–Crippen MR) is 42.0 cm³/mol. The van der Waals surface area contributed by atoms with E-state index in [-0.39, 0.29) is 17.6 Å². The maximum atomic E-state index is 10.9. The summed E-state index contributed by atoms with van der Waals surface area (Å²) in [7, 11) is 0.198. The van der Waals surface area contributed by atoms with Crippen molar-refractivity contribution < 1.29 is 18.8 Å². The van der Waals surface area contributed by atoms with Crippen LogP contribution in [0.25, 0.3) is 0 Å². The van der Waals surface area contributed by atoms with Crippen molar-refractivity contribution in [3.63, 3.8) is 0 Å². The van der Waals surface area contributed by atoms with E-state index in [1.807, 2.05) is 0 Å². The Kier molecular flexibility index (Phi) is 5.06. The topological polar surface area (TPSA) is 63.6 Å². The molecule has 4 nitrogen and oxygen atoms in total. The van der Waals surface area contributed by atoms with Crippen molar-refractivity contribution in [1.29, 1.82) is 0 Å². The van der Waals surface area contributed by atoms with Crippen LogP contribution in [-0.2, 0) is 20.3 Å². The number of aliphatic carboxylic acids is 1. The molecule has 0 saturated carbocycles. The van der Waals surface area contributed by atoms with Crippen LogP contribution < -0.4 is 0 Å². The Bertz CT molecular complexity index is 157. The van der Waals surface area contributed by atoms with Crippen LogP contribution in [0.4, 0.5) is 0 Å². The second-order valence-electron chi connectivity index (χ2n) is 2.19. The fourth-order valence-electron chi connectivity index (χ4n) is 0.526. The zero-order valence-corrected chi connectivity index (χ0v) is 7.39. The molecular formula is C6H12O4S. The van der Waals surface area contributed by atoms with Gasteiger partial charge in [0.25, 0.3) is 0 Å². The van der Waals surface area contributed by atoms with E-state index in [0.29, 0.717) is 0 Å². The Morgan fingerprint density at radius 3 is 2.64 bits per heavy atom. The highest BCUT2D eigenvalue weighted by Gasteiger charge is 2.09. The second kappa shape index (κ2) is 5.26. The predicted octanol–water partition coefficient (Wildman–Crippen LogP) is -0.145. The molecule has 0 aromatic rings. The van der Waals surface area contributed by atoms with Gasteiger partial charge in [0.1, 0.15) is 5.75 Å². The molecule has 0 rings (SSSR count). The Balaban J connectivity index is 3.60. The molecule has 0 saturated heterocycles. The number of hydrogen-bond donors (Lipinski definition) is 1. The minimum Gasteiger partial charge on any atom is -0.481 e. The molecule has 66 valence electrons. The second-order valence-corrected chi connectivity index (χ2v) is 3.69. The lowest BCUT2D eigenvalue weighted by molar-refractivity contribution is -0.133. The first-order valence-corrected chi connectivity index (χ1v) is 4.64. The number of methoxy groups -OCH3 is 1. The lowest BCUT2D eigenvalue weighted by Crippen LogP contribution is -2.20. The summed E-state index contributed by atoms with van der Waals surface area (Å²) in [6, 6.07) is 0. The van der Waals surface area contributed by atoms with Crippen LogP contribution >= 0.6 is 0 Å². The molecule has 0 bridgehead atoms. The summed E-state index contributed by atoms with van der Waals surface area (Å²) in [5, 5.41) is 8.24. The molecule has 0 aliphatic rings. The number of carbonyl (C=O) groups is 1. The minimum atomic E-state index is -1.30. The van der Waals surface area contributed by atoms with Gasteiger partial charge in [-0.3, -0.25) is 9.00 Å². The quantitative estimate of drug-likeness (QED) is 0.639. The van der Waals surface area contributed by atoms with Crippen LogP contribution in [0.15, 0.2) is 0 Å². The Labute approximate surface area is 68.0 Å². The first-order valence-electron chi connectivity index (χ1n) is 3.15. The number of carboxylic acid groups (broad SMARTS) is 1. The van der Waals surface area contributed by atoms with Crippen LogP contribution in [-0.4, -0.2) is 40.0 Å². The number of ether oxygens (including phenoxy) is 1. The molecule has 0 aliphatic carbocycles. The third-order valence-electron chi connectivity index (χ3n) is 1.11. The minimum absolute atomic E-state index is 0.143. The molecule has 5 heteroatoms. The standard InChI is InChI=1S/C6H12O4S/c1-5(10-2)3-11(9)4-6(7)8/h5H,3-4H2,1-2H3,(H,7,8). The van der Waals surface area contributed by atoms with Crippen LogP contribution in [0, 0.1) is 0 Å². The highest BCUT2D eigenvalue weighted by atomic mass is 32.2. The van der Waals surface area contributed by atoms with E-state index in [4.69, 9.17) is 9.84 Å². The van der Waals surface area contributed by atoms with Gasteiger partial charge in [0.2, 0.25) is 0 Å². The fraction of sp³-hybridized carbons (Fsp3) is 0.833. The third-order valence-corrected chi connectivity index (χ3v) is 2.52. The van der Waals surface area contributed by atoms with Crippen molar-refractivity contribution >= 4 is 16.8 Å². The first kappa shape index (κ1) is 10.6. The van der Waals surface area contributed by atoms with E-state index < -0.39 is 16.8 Å². The molecular weight excluding hydrogens is 168 g/mol. The van der Waals surface area contributed by atoms with Crippen LogP contribution in [0.2, 0.25) is 0 Å². The summed E-state index contributed by atoms with van der Waals surface area (Å²) >= 11 is 0. The molecule has 0 radical (unpaired) electrons. The van der Waals surface area contributed by atoms with Gasteiger partial charge >= 0.3 is 5.97 Å². The van der Waals surface area contributed by atoms with Crippen LogP contribution in [0.1, 0.15) is 6.92 Å². The SMILES string of the molecule is COC(C)CS(=O)CC(=O)O. The van der Waals surface area contributed by atoms with E-state index in [2.05, 4.69) is 0 Å². The van der Waals surface area contributed by atoms with Gasteiger partial charge in [0, 0.05) is 17.9 Å². The van der Waals surface area contributed by atoms with Gasteiger partial charge in [-0.2, -0.15) is 0 Å². The monoisotopic (exact) mass is 180 g/mol. The third kappa shape index (κ3) is 6.00. The molecule has 0 fully saturated rings. The average molecular weight is 180 g/mol. The van der Waals surface area contributed by atoms with Crippen LogP contribution in [0.3, 0.4) is 0 Å². The molecule has 0 aromatic carbocycles. The zero-order chi connectivity index (χ0) is 8.85. The maximum absolute atomic E-state index is 10.9. The highest BCUT2D eigenvalue weighted by molar-refractivity contribution is 7.85. The number of carboxylic acids is 1. The van der Waals surface area contributed by atoms with E-state index in [1.54, 1.807) is 6.92 Å². The van der Waals surface area contributed by atoms with Gasteiger partial charge in [0.05, 0.1) is 11.9 Å². The van der Waals surface area contributed by atoms with Gasteiger partial charge in [-0.1, -0.05) is 0 Å². The van der Waals surface area contributed by atoms with Crippen LogP contribution in [0.5, 0.6) is 0 Å². The van der Waals surface area contributed by atoms with E-state index in [1.165, 1.54) is 7.11 Å². The Morgan fingerprint density at radius 1 is 1.73 bits per heavy atom. The summed E-state index contributed by atoms with van der Waals surface area (Å²) in [5.41, 5.74) is 0. The van der Waals surface area contributed by atoms with Crippen molar-refractivity contribution in [3.8, 4) is 0 Å².